The van der Waals surface area contributed by atoms with Gasteiger partial charge in [0.1, 0.15) is 54.4 Å². The predicted molar refractivity (Wildman–Crippen MR) is 356 cm³/mol. The van der Waals surface area contributed by atoms with E-state index in [4.69, 9.17) is 40.1 Å². The number of carbonyl (C=O) groups is 13. The Morgan fingerprint density at radius 1 is 0.537 bits per heavy atom. The third kappa shape index (κ3) is 27.5. The average Bonchev–Trinajstić information content (AvgIpc) is 1.74. The zero-order chi connectivity index (χ0) is 70.1. The van der Waals surface area contributed by atoms with Gasteiger partial charge >= 0.3 is 0 Å². The quantitative estimate of drug-likeness (QED) is 0.0173. The summed E-state index contributed by atoms with van der Waals surface area (Å²) in [5.41, 5.74) is 40.6. The Morgan fingerprint density at radius 2 is 1.01 bits per heavy atom. The molecule has 0 saturated carbocycles. The molecule has 2 aliphatic rings. The number of likely N-dealkylation sites (tertiary alicyclic amines) is 2. The molecule has 2 aromatic carbocycles. The monoisotopic (exact) mass is 1350 g/mol. The molecule has 0 aromatic heterocycles. The van der Waals surface area contributed by atoms with Crippen LogP contribution in [0.2, 0.25) is 0 Å². The van der Waals surface area contributed by atoms with Gasteiger partial charge in [-0.05, 0) is 119 Å². The number of carbonyl (C=O) groups excluding carboxylic acids is 13. The Labute approximate surface area is 558 Å². The number of nitrogens with two attached hydrogens (primary N) is 7. The minimum absolute atomic E-state index is 0.0736. The van der Waals surface area contributed by atoms with Gasteiger partial charge in [-0.1, -0.05) is 74.5 Å². The second kappa shape index (κ2) is 41.0. The van der Waals surface area contributed by atoms with Crippen molar-refractivity contribution in [3.8, 4) is 0 Å². The Hall–Kier alpha value is -8.91. The number of thioether (sulfide) groups is 1. The fourth-order valence-electron chi connectivity index (χ4n) is 11.0. The first-order valence-corrected chi connectivity index (χ1v) is 33.6. The first kappa shape index (κ1) is 78.5. The van der Waals surface area contributed by atoms with E-state index in [0.717, 1.165) is 0 Å². The van der Waals surface area contributed by atoms with E-state index in [1.165, 1.54) is 21.6 Å². The number of aliphatic imine (C=N–C) groups is 1. The van der Waals surface area contributed by atoms with E-state index in [-0.39, 0.29) is 83.0 Å². The topological polar surface area (TPSA) is 519 Å². The molecule has 95 heavy (non-hydrogen) atoms. The van der Waals surface area contributed by atoms with Crippen LogP contribution in [-0.4, -0.2) is 198 Å². The van der Waals surface area contributed by atoms with Crippen molar-refractivity contribution < 1.29 is 62.3 Å². The summed E-state index contributed by atoms with van der Waals surface area (Å²) in [5, 5.41) is 21.1. The molecule has 0 unspecified atom stereocenters. The fourth-order valence-corrected chi connectivity index (χ4v) is 11.5. The van der Waals surface area contributed by atoms with Crippen LogP contribution in [0.15, 0.2) is 65.7 Å². The van der Waals surface area contributed by atoms with Crippen molar-refractivity contribution in [2.75, 3.05) is 44.7 Å². The van der Waals surface area contributed by atoms with Crippen LogP contribution in [0.5, 0.6) is 0 Å². The minimum Gasteiger partial charge on any atom is -0.370 e. The van der Waals surface area contributed by atoms with E-state index in [9.17, 15) is 62.3 Å². The number of rotatable bonds is 42. The highest BCUT2D eigenvalue weighted by Gasteiger charge is 2.42. The van der Waals surface area contributed by atoms with Gasteiger partial charge < -0.3 is 92.5 Å². The molecule has 2 aliphatic heterocycles. The van der Waals surface area contributed by atoms with Gasteiger partial charge in [-0.25, -0.2) is 0 Å². The van der Waals surface area contributed by atoms with Gasteiger partial charge in [-0.3, -0.25) is 67.3 Å². The number of hydrogen-bond acceptors (Lipinski definition) is 17. The van der Waals surface area contributed by atoms with Crippen LogP contribution >= 0.6 is 11.8 Å². The van der Waals surface area contributed by atoms with Crippen molar-refractivity contribution in [1.29, 1.82) is 0 Å². The number of unbranched alkanes of at least 4 members (excludes halogenated alkanes) is 1. The summed E-state index contributed by atoms with van der Waals surface area (Å²) >= 11 is 1.45. The molecule has 10 atom stereocenters. The summed E-state index contributed by atoms with van der Waals surface area (Å²) in [4.78, 5) is 185. The number of hydrogen-bond donors (Lipinski definition) is 15. The summed E-state index contributed by atoms with van der Waals surface area (Å²) in [6.07, 6.45) is 3.12. The molecule has 2 saturated heterocycles. The highest BCUT2D eigenvalue weighted by atomic mass is 32.2. The fraction of sp³-hybridized carbons (Fsp3) is 0.587. The maximum Gasteiger partial charge on any atom is 0.245 e. The van der Waals surface area contributed by atoms with Crippen molar-refractivity contribution in [2.24, 2.45) is 51.0 Å². The molecular weight excluding hydrogens is 1250 g/mol. The Morgan fingerprint density at radius 3 is 1.51 bits per heavy atom. The summed E-state index contributed by atoms with van der Waals surface area (Å²) < 4.78 is 0. The molecule has 2 aromatic rings. The van der Waals surface area contributed by atoms with Gasteiger partial charge in [-0.15, -0.1) is 0 Å². The normalized spacial score (nSPS) is 16.8. The molecule has 31 nitrogen and oxygen atoms in total. The molecule has 0 aliphatic carbocycles. The van der Waals surface area contributed by atoms with E-state index in [2.05, 4.69) is 47.5 Å². The Bertz CT molecular complexity index is 2960. The third-order valence-corrected chi connectivity index (χ3v) is 16.7. The molecule has 0 radical (unpaired) electrons. The summed E-state index contributed by atoms with van der Waals surface area (Å²) in [7, 11) is 0. The van der Waals surface area contributed by atoms with Crippen LogP contribution in [-0.2, 0) is 75.2 Å². The number of primary amides is 3. The van der Waals surface area contributed by atoms with Gasteiger partial charge in [0.2, 0.25) is 76.8 Å². The molecule has 2 heterocycles. The maximum atomic E-state index is 14.7. The zero-order valence-electron chi connectivity index (χ0n) is 54.5. The first-order chi connectivity index (χ1) is 45.2. The van der Waals surface area contributed by atoms with Crippen molar-refractivity contribution in [1.82, 2.24) is 52.3 Å². The van der Waals surface area contributed by atoms with E-state index in [1.807, 2.05) is 20.1 Å². The zero-order valence-corrected chi connectivity index (χ0v) is 55.3. The molecule has 0 bridgehead atoms. The highest BCUT2D eigenvalue weighted by molar-refractivity contribution is 7.98. The van der Waals surface area contributed by atoms with Crippen molar-refractivity contribution in [3.63, 3.8) is 0 Å². The van der Waals surface area contributed by atoms with Crippen LogP contribution in [0.3, 0.4) is 0 Å². The smallest absolute Gasteiger partial charge is 0.245 e. The molecule has 2 fully saturated rings. The lowest BCUT2D eigenvalue weighted by Gasteiger charge is -2.32. The summed E-state index contributed by atoms with van der Waals surface area (Å²) in [5.74, 6) is -9.80. The van der Waals surface area contributed by atoms with Gasteiger partial charge in [0, 0.05) is 45.3 Å². The minimum atomic E-state index is -1.64. The number of guanidine groups is 1. The van der Waals surface area contributed by atoms with Crippen LogP contribution < -0.4 is 82.7 Å². The lowest BCUT2D eigenvalue weighted by molar-refractivity contribution is -0.144. The molecule has 13 amide bonds. The second-order valence-electron chi connectivity index (χ2n) is 24.1. The van der Waals surface area contributed by atoms with E-state index < -0.39 is 169 Å². The number of benzene rings is 2. The lowest BCUT2D eigenvalue weighted by Crippen LogP contribution is -2.60. The summed E-state index contributed by atoms with van der Waals surface area (Å²) in [6, 6.07) is 4.51. The van der Waals surface area contributed by atoms with Crippen LogP contribution in [0.4, 0.5) is 0 Å². The van der Waals surface area contributed by atoms with Gasteiger partial charge in [0.15, 0.2) is 5.96 Å². The van der Waals surface area contributed by atoms with Crippen LogP contribution in [0.25, 0.3) is 0 Å². The predicted octanol–water partition coefficient (Wildman–Crippen LogP) is -3.71. The number of amides is 13. The second-order valence-corrected chi connectivity index (χ2v) is 25.1. The van der Waals surface area contributed by atoms with Crippen molar-refractivity contribution in [2.45, 2.75) is 183 Å². The standard InChI is InChI=1S/C63H98N18O13S/c1-37(2)33-45(57(89)74-41(53(68)85)27-32-95-3)73-52(84)36-72-54(86)46(34-38-15-6-4-7-16-38)78-58(90)47(35-39-17-8-5-9-18-39)79-56(88)42(23-25-50(66)82)75-55(87)43(24-26-51(67)83)76-59(91)49-22-14-31-81(49)62(94)44(20-10-11-28-64)77-60(92)48-21-13-30-80(48)61(93)40(65)19-12-29-71-63(69)70/h4-9,15-18,37,40-49H,10-14,19-36,64-65H2,1-3H3,(H2,66,82)(H2,67,83)(H2,68,85)(H,72,86)(H,73,84)(H,74,89)(H,75,87)(H,76,91)(H,77,92)(H,78,90)(H,79,88)(H4,69,70,71)/t40-,41+,42-,43+,44-,45+,46-,47-,48+,49+/m1/s1. The SMILES string of the molecule is CSCC[C@H](NC(=O)[C@H](CC(C)C)NC(=O)CNC(=O)[C@@H](Cc1ccccc1)NC(=O)[C@@H](Cc1ccccc1)NC(=O)[C@@H](CCC(N)=O)NC(=O)[C@H](CCC(N)=O)NC(=O)[C@@H]1CCCN1C(=O)[C@@H](CCCCN)NC(=O)[C@@H]1CCCN1C(=O)[C@H](N)CCCN=C(N)N)C(N)=O. The molecule has 0 spiro atoms. The Balaban J connectivity index is 1.56. The molecule has 4 rings (SSSR count). The van der Waals surface area contributed by atoms with E-state index in [1.54, 1.807) is 60.7 Å². The van der Waals surface area contributed by atoms with Gasteiger partial charge in [0.25, 0.3) is 0 Å². The van der Waals surface area contributed by atoms with E-state index >= 15 is 0 Å². The highest BCUT2D eigenvalue weighted by Crippen LogP contribution is 2.24. The molecule has 524 valence electrons. The van der Waals surface area contributed by atoms with Crippen LogP contribution in [0, 0.1) is 5.92 Å². The number of nitrogens with one attached hydrogen (secondary N) is 8. The molecule has 22 N–H and O–H groups in total. The van der Waals surface area contributed by atoms with Crippen LogP contribution in [0.1, 0.15) is 121 Å². The van der Waals surface area contributed by atoms with E-state index in [0.29, 0.717) is 55.4 Å². The third-order valence-electron chi connectivity index (χ3n) is 16.0. The largest absolute Gasteiger partial charge is 0.370 e. The first-order valence-electron chi connectivity index (χ1n) is 32.2. The van der Waals surface area contributed by atoms with Gasteiger partial charge in [-0.2, -0.15) is 11.8 Å². The maximum absolute atomic E-state index is 14.7. The average molecular weight is 1350 g/mol. The number of nitrogens with zero attached hydrogens (tertiary/aromatic N) is 3. The summed E-state index contributed by atoms with van der Waals surface area (Å²) in [6.45, 7) is 3.86. The molecule has 32 heteroatoms. The Kier molecular flexibility index (Phi) is 33.9. The van der Waals surface area contributed by atoms with Crippen molar-refractivity contribution in [3.05, 3.63) is 71.8 Å². The lowest BCUT2D eigenvalue weighted by atomic mass is 10.0. The van der Waals surface area contributed by atoms with Gasteiger partial charge in [0.05, 0.1) is 12.6 Å². The molecular formula is C63H98N18O13S. The van der Waals surface area contributed by atoms with Crippen molar-refractivity contribution >= 4 is 94.5 Å².